The Hall–Kier alpha value is -1.88. The summed E-state index contributed by atoms with van der Waals surface area (Å²) < 4.78 is 3.98. The number of halogens is 1. The first kappa shape index (κ1) is 14.1. The van der Waals surface area contributed by atoms with Crippen LogP contribution in [0.4, 0.5) is 0 Å². The van der Waals surface area contributed by atoms with E-state index in [0.717, 1.165) is 34.8 Å². The van der Waals surface area contributed by atoms with Crippen LogP contribution in [0.3, 0.4) is 0 Å². The fraction of sp³-hybridized carbons (Fsp3) is 0.400. The predicted octanol–water partition coefficient (Wildman–Crippen LogP) is 2.82. The summed E-state index contributed by atoms with van der Waals surface area (Å²) >= 11 is 6.07. The summed E-state index contributed by atoms with van der Waals surface area (Å²) in [6, 6.07) is 4.09. The highest BCUT2D eigenvalue weighted by Gasteiger charge is 2.18. The fourth-order valence-electron chi connectivity index (χ4n) is 2.73. The summed E-state index contributed by atoms with van der Waals surface area (Å²) in [5.74, 6) is 1.23. The molecule has 6 heteroatoms. The summed E-state index contributed by atoms with van der Waals surface area (Å²) in [6.45, 7) is 4.78. The van der Waals surface area contributed by atoms with Crippen molar-refractivity contribution in [2.75, 3.05) is 0 Å². The molecule has 0 bridgehead atoms. The van der Waals surface area contributed by atoms with Gasteiger partial charge in [-0.3, -0.25) is 9.67 Å². The van der Waals surface area contributed by atoms with Crippen LogP contribution < -0.4 is 0 Å². The second kappa shape index (κ2) is 5.48. The summed E-state index contributed by atoms with van der Waals surface area (Å²) in [4.78, 5) is 9.14. The van der Waals surface area contributed by atoms with E-state index in [9.17, 15) is 0 Å². The van der Waals surface area contributed by atoms with E-state index in [-0.39, 0.29) is 0 Å². The summed E-state index contributed by atoms with van der Waals surface area (Å²) in [5.41, 5.74) is 5.15. The van der Waals surface area contributed by atoms with Crippen LogP contribution in [-0.4, -0.2) is 24.3 Å². The maximum absolute atomic E-state index is 6.07. The monoisotopic (exact) mass is 303 g/mol. The average Bonchev–Trinajstić information content (AvgIpc) is 2.98. The lowest BCUT2D eigenvalue weighted by Gasteiger charge is -2.10. The number of hydrogen-bond donors (Lipinski definition) is 0. The second-order valence-electron chi connectivity index (χ2n) is 5.09. The van der Waals surface area contributed by atoms with Crippen LogP contribution in [0, 0.1) is 6.92 Å². The molecule has 0 unspecified atom stereocenters. The number of nitrogens with zero attached hydrogens (tertiary/aromatic N) is 5. The van der Waals surface area contributed by atoms with Crippen molar-refractivity contribution in [1.82, 2.24) is 24.3 Å². The zero-order chi connectivity index (χ0) is 15.0. The molecule has 3 heterocycles. The lowest BCUT2D eigenvalue weighted by Crippen LogP contribution is -2.10. The number of imidazole rings is 1. The van der Waals surface area contributed by atoms with Gasteiger partial charge in [-0.15, -0.1) is 11.6 Å². The Balaban J connectivity index is 2.15. The van der Waals surface area contributed by atoms with E-state index in [1.165, 1.54) is 5.56 Å². The molecule has 0 aromatic carbocycles. The van der Waals surface area contributed by atoms with E-state index in [2.05, 4.69) is 32.6 Å². The fourth-order valence-corrected chi connectivity index (χ4v) is 2.94. The third-order valence-corrected chi connectivity index (χ3v) is 4.00. The highest BCUT2D eigenvalue weighted by atomic mass is 35.5. The largest absolute Gasteiger partial charge is 0.306 e. The number of aryl methyl sites for hydroxylation is 3. The normalized spacial score (nSPS) is 11.4. The van der Waals surface area contributed by atoms with Gasteiger partial charge in [0, 0.05) is 13.2 Å². The van der Waals surface area contributed by atoms with Crippen LogP contribution >= 0.6 is 11.6 Å². The smallest absolute Gasteiger partial charge is 0.159 e. The molecule has 0 atom stereocenters. The molecule has 0 aliphatic heterocycles. The van der Waals surface area contributed by atoms with Crippen LogP contribution in [0.25, 0.3) is 11.2 Å². The first-order valence-corrected chi connectivity index (χ1v) is 7.56. The van der Waals surface area contributed by atoms with E-state index in [4.69, 9.17) is 11.6 Å². The molecule has 21 heavy (non-hydrogen) atoms. The van der Waals surface area contributed by atoms with E-state index in [0.29, 0.717) is 12.4 Å². The number of fused-ring (bicyclic) bond motifs is 1. The zero-order valence-electron chi connectivity index (χ0n) is 12.5. The molecule has 110 valence electrons. The number of pyridine rings is 1. The van der Waals surface area contributed by atoms with Crippen molar-refractivity contribution in [3.8, 4) is 0 Å². The molecule has 0 spiro atoms. The Labute approximate surface area is 128 Å². The SMILES string of the molecule is CCc1cccnc1Cn1c(CCl)nc2c(C)nn(C)c21. The molecular formula is C15H18ClN5. The van der Waals surface area contributed by atoms with Gasteiger partial charge >= 0.3 is 0 Å². The van der Waals surface area contributed by atoms with Gasteiger partial charge in [0.1, 0.15) is 11.3 Å². The lowest BCUT2D eigenvalue weighted by molar-refractivity contribution is 0.689. The molecular weight excluding hydrogens is 286 g/mol. The Morgan fingerprint density at radius 1 is 1.33 bits per heavy atom. The quantitative estimate of drug-likeness (QED) is 0.696. The Morgan fingerprint density at radius 2 is 2.14 bits per heavy atom. The molecule has 5 nitrogen and oxygen atoms in total. The molecule has 3 rings (SSSR count). The average molecular weight is 304 g/mol. The van der Waals surface area contributed by atoms with Gasteiger partial charge in [0.2, 0.25) is 0 Å². The van der Waals surface area contributed by atoms with Crippen molar-refractivity contribution in [2.24, 2.45) is 7.05 Å². The predicted molar refractivity (Wildman–Crippen MR) is 83.5 cm³/mol. The summed E-state index contributed by atoms with van der Waals surface area (Å²) in [5, 5.41) is 4.44. The number of alkyl halides is 1. The summed E-state index contributed by atoms with van der Waals surface area (Å²) in [6.07, 6.45) is 2.79. The highest BCUT2D eigenvalue weighted by Crippen LogP contribution is 2.22. The third-order valence-electron chi connectivity index (χ3n) is 3.76. The molecule has 0 aliphatic rings. The van der Waals surface area contributed by atoms with Crippen LogP contribution in [0.2, 0.25) is 0 Å². The molecule has 0 fully saturated rings. The minimum Gasteiger partial charge on any atom is -0.306 e. The molecule has 0 aliphatic carbocycles. The number of rotatable bonds is 4. The van der Waals surface area contributed by atoms with Gasteiger partial charge in [-0.2, -0.15) is 5.10 Å². The molecule has 0 radical (unpaired) electrons. The zero-order valence-corrected chi connectivity index (χ0v) is 13.2. The highest BCUT2D eigenvalue weighted by molar-refractivity contribution is 6.16. The standard InChI is InChI=1S/C15H18ClN5/c1-4-11-6-5-7-17-12(11)9-21-13(8-16)18-14-10(2)19-20(3)15(14)21/h5-7H,4,8-9H2,1-3H3. The Bertz CT molecular complexity index is 787. The Morgan fingerprint density at radius 3 is 2.86 bits per heavy atom. The van der Waals surface area contributed by atoms with Gasteiger partial charge in [0.15, 0.2) is 5.65 Å². The van der Waals surface area contributed by atoms with Crippen molar-refractivity contribution in [1.29, 1.82) is 0 Å². The maximum atomic E-state index is 6.07. The number of aromatic nitrogens is 5. The molecule has 3 aromatic rings. The molecule has 0 N–H and O–H groups in total. The Kier molecular flexibility index (Phi) is 3.68. The van der Waals surface area contributed by atoms with Gasteiger partial charge in [-0.25, -0.2) is 4.98 Å². The molecule has 0 saturated carbocycles. The minimum atomic E-state index is 0.377. The van der Waals surface area contributed by atoms with Gasteiger partial charge in [-0.05, 0) is 25.0 Å². The van der Waals surface area contributed by atoms with Crippen molar-refractivity contribution in [2.45, 2.75) is 32.7 Å². The topological polar surface area (TPSA) is 48.5 Å². The van der Waals surface area contributed by atoms with E-state index in [1.54, 1.807) is 0 Å². The molecule has 3 aromatic heterocycles. The van der Waals surface area contributed by atoms with Crippen LogP contribution in [0.1, 0.15) is 29.7 Å². The van der Waals surface area contributed by atoms with E-state index >= 15 is 0 Å². The molecule has 0 amide bonds. The van der Waals surface area contributed by atoms with Crippen molar-refractivity contribution >= 4 is 22.8 Å². The van der Waals surface area contributed by atoms with Crippen LogP contribution in [-0.2, 0) is 25.9 Å². The first-order valence-electron chi connectivity index (χ1n) is 7.03. The van der Waals surface area contributed by atoms with Gasteiger partial charge in [-0.1, -0.05) is 13.0 Å². The second-order valence-corrected chi connectivity index (χ2v) is 5.36. The lowest BCUT2D eigenvalue weighted by atomic mass is 10.1. The van der Waals surface area contributed by atoms with Crippen LogP contribution in [0.5, 0.6) is 0 Å². The van der Waals surface area contributed by atoms with Crippen molar-refractivity contribution < 1.29 is 0 Å². The van der Waals surface area contributed by atoms with Crippen LogP contribution in [0.15, 0.2) is 18.3 Å². The van der Waals surface area contributed by atoms with Gasteiger partial charge in [0.25, 0.3) is 0 Å². The van der Waals surface area contributed by atoms with Gasteiger partial charge < -0.3 is 4.57 Å². The van der Waals surface area contributed by atoms with Crippen molar-refractivity contribution in [3.05, 3.63) is 41.1 Å². The van der Waals surface area contributed by atoms with Crippen molar-refractivity contribution in [3.63, 3.8) is 0 Å². The van der Waals surface area contributed by atoms with E-state index < -0.39 is 0 Å². The van der Waals surface area contributed by atoms with E-state index in [1.807, 2.05) is 30.9 Å². The third kappa shape index (κ3) is 2.31. The first-order chi connectivity index (χ1) is 10.2. The number of hydrogen-bond acceptors (Lipinski definition) is 3. The minimum absolute atomic E-state index is 0.377. The molecule has 0 saturated heterocycles. The van der Waals surface area contributed by atoms with Gasteiger partial charge in [0.05, 0.1) is 23.8 Å². The maximum Gasteiger partial charge on any atom is 0.159 e. The summed E-state index contributed by atoms with van der Waals surface area (Å²) in [7, 11) is 1.94.